The summed E-state index contributed by atoms with van der Waals surface area (Å²) in [6.45, 7) is 0.597. The van der Waals surface area contributed by atoms with Crippen LogP contribution in [0.3, 0.4) is 0 Å². The van der Waals surface area contributed by atoms with Crippen molar-refractivity contribution in [2.45, 2.75) is 69.9 Å². The van der Waals surface area contributed by atoms with Crippen molar-refractivity contribution in [3.05, 3.63) is 107 Å². The molecular formula is C33H40Cl2N4O4. The molecule has 230 valence electrons. The highest BCUT2D eigenvalue weighted by Crippen LogP contribution is 2.12. The smallest absolute Gasteiger partial charge is 0.341 e. The Morgan fingerprint density at radius 2 is 1.26 bits per heavy atom. The van der Waals surface area contributed by atoms with Crippen molar-refractivity contribution in [2.75, 3.05) is 6.54 Å². The molecule has 0 radical (unpaired) electrons. The van der Waals surface area contributed by atoms with Crippen molar-refractivity contribution in [3.63, 3.8) is 0 Å². The van der Waals surface area contributed by atoms with Crippen LogP contribution in [0.15, 0.2) is 84.9 Å². The predicted molar refractivity (Wildman–Crippen MR) is 170 cm³/mol. The fourth-order valence-corrected chi connectivity index (χ4v) is 4.96. The van der Waals surface area contributed by atoms with Crippen molar-refractivity contribution < 1.29 is 19.2 Å². The molecule has 3 rings (SSSR count). The Labute approximate surface area is 264 Å². The fourth-order valence-electron chi connectivity index (χ4n) is 4.62. The molecule has 2 amide bonds. The summed E-state index contributed by atoms with van der Waals surface area (Å²) in [7, 11) is 0. The number of carbonyl (C=O) groups excluding carboxylic acids is 3. The summed E-state index contributed by atoms with van der Waals surface area (Å²) in [5.41, 5.74) is 6.41. The first kappa shape index (κ1) is 34.1. The van der Waals surface area contributed by atoms with Crippen LogP contribution in [-0.2, 0) is 44.9 Å². The third kappa shape index (κ3) is 13.2. The zero-order chi connectivity index (χ0) is 30.7. The number of amides is 2. The second kappa shape index (κ2) is 19.7. The van der Waals surface area contributed by atoms with Gasteiger partial charge in [-0.3, -0.25) is 9.59 Å². The molecule has 0 fully saturated rings. The van der Waals surface area contributed by atoms with E-state index in [1.165, 1.54) is 11.1 Å². The Balaban J connectivity index is 1.47. The number of hydrogen-bond donors (Lipinski definition) is 4. The average molecular weight is 628 g/mol. The Hall–Kier alpha value is -3.43. The number of carbonyl (C=O) groups is 3. The summed E-state index contributed by atoms with van der Waals surface area (Å²) in [5.74, 6) is -1.70. The lowest BCUT2D eigenvalue weighted by Gasteiger charge is -2.21. The zero-order valence-electron chi connectivity index (χ0n) is 24.2. The van der Waals surface area contributed by atoms with E-state index >= 15 is 0 Å². The highest BCUT2D eigenvalue weighted by Gasteiger charge is 2.27. The van der Waals surface area contributed by atoms with Crippen LogP contribution < -0.4 is 20.5 Å². The van der Waals surface area contributed by atoms with Crippen molar-refractivity contribution in [2.24, 2.45) is 0 Å². The van der Waals surface area contributed by atoms with Gasteiger partial charge < -0.3 is 10.2 Å². The van der Waals surface area contributed by atoms with Crippen molar-refractivity contribution in [1.82, 2.24) is 20.5 Å². The van der Waals surface area contributed by atoms with Gasteiger partial charge in [0.05, 0.1) is 6.42 Å². The minimum Gasteiger partial charge on any atom is -0.341 e. The highest BCUT2D eigenvalue weighted by atomic mass is 35.5. The molecule has 8 nitrogen and oxygen atoms in total. The van der Waals surface area contributed by atoms with Crippen LogP contribution in [0.25, 0.3) is 0 Å². The molecule has 3 aromatic carbocycles. The molecule has 0 saturated heterocycles. The predicted octanol–water partition coefficient (Wildman–Crippen LogP) is 5.12. The monoisotopic (exact) mass is 626 g/mol. The van der Waals surface area contributed by atoms with Gasteiger partial charge in [-0.2, -0.15) is 5.48 Å². The average Bonchev–Trinajstić information content (AvgIpc) is 3.03. The summed E-state index contributed by atoms with van der Waals surface area (Å²) in [4.78, 5) is 48.6. The first-order valence-corrected chi connectivity index (χ1v) is 15.4. The number of hydrogen-bond acceptors (Lipinski definition) is 6. The van der Waals surface area contributed by atoms with E-state index in [2.05, 4.69) is 44.7 Å². The lowest BCUT2D eigenvalue weighted by Crippen LogP contribution is -2.51. The summed E-state index contributed by atoms with van der Waals surface area (Å²) in [6.07, 6.45) is 6.35. The summed E-state index contributed by atoms with van der Waals surface area (Å²) < 4.78 is 0. The number of nitrogens with one attached hydrogen (secondary N) is 4. The second-order valence-corrected chi connectivity index (χ2v) is 10.9. The van der Waals surface area contributed by atoms with Crippen LogP contribution in [0.4, 0.5) is 0 Å². The molecular weight excluding hydrogens is 587 g/mol. The Kier molecular flexibility index (Phi) is 15.6. The Morgan fingerprint density at radius 1 is 0.674 bits per heavy atom. The molecule has 4 N–H and O–H groups in total. The minimum absolute atomic E-state index is 0.0483. The molecule has 10 heteroatoms. The van der Waals surface area contributed by atoms with Gasteiger partial charge in [0.2, 0.25) is 5.91 Å². The highest BCUT2D eigenvalue weighted by molar-refractivity contribution is 6.15. The maximum absolute atomic E-state index is 13.0. The number of aryl methyl sites for hydroxylation is 2. The molecule has 0 aromatic heterocycles. The normalized spacial score (nSPS) is 12.2. The standard InChI is InChI=1S/C33H40Cl2N4O4/c34-36-22-10-9-17-29(38-35)32(41)37-30(23-27-15-5-2-6-16-27)33(42)43-39-31(40)24-28-20-18-26(19-21-28)14-8-7-13-25-11-3-1-4-12-25/h1-6,11-12,15-16,18-21,29-30,36,38H,7-10,13-14,17,22-24H2,(H,37,41)(H,39,40)/t29-,30-/m0/s1. The van der Waals surface area contributed by atoms with Crippen LogP contribution in [0, 0.1) is 0 Å². The molecule has 0 unspecified atom stereocenters. The van der Waals surface area contributed by atoms with Crippen LogP contribution in [-0.4, -0.2) is 36.4 Å². The number of hydroxylamine groups is 1. The molecule has 0 aliphatic rings. The van der Waals surface area contributed by atoms with E-state index in [-0.39, 0.29) is 12.8 Å². The fraction of sp³-hybridized carbons (Fsp3) is 0.364. The number of halogens is 2. The Bertz CT molecular complexity index is 1250. The van der Waals surface area contributed by atoms with Crippen molar-refractivity contribution in [1.29, 1.82) is 0 Å². The van der Waals surface area contributed by atoms with E-state index in [9.17, 15) is 14.4 Å². The van der Waals surface area contributed by atoms with E-state index in [1.54, 1.807) is 0 Å². The summed E-state index contributed by atoms with van der Waals surface area (Å²) in [5, 5.41) is 2.71. The summed E-state index contributed by atoms with van der Waals surface area (Å²) in [6, 6.07) is 25.8. The van der Waals surface area contributed by atoms with Gasteiger partial charge >= 0.3 is 5.97 Å². The third-order valence-electron chi connectivity index (χ3n) is 7.02. The molecule has 0 spiro atoms. The molecule has 43 heavy (non-hydrogen) atoms. The van der Waals surface area contributed by atoms with Crippen molar-refractivity contribution in [3.8, 4) is 0 Å². The number of benzene rings is 3. The van der Waals surface area contributed by atoms with Gasteiger partial charge in [0.15, 0.2) is 0 Å². The van der Waals surface area contributed by atoms with E-state index < -0.39 is 29.9 Å². The first-order chi connectivity index (χ1) is 21.0. The van der Waals surface area contributed by atoms with Crippen LogP contribution in [0.5, 0.6) is 0 Å². The molecule has 0 heterocycles. The largest absolute Gasteiger partial charge is 0.354 e. The number of unbranched alkanes of at least 4 members (excludes halogenated alkanes) is 2. The lowest BCUT2D eigenvalue weighted by atomic mass is 10.0. The van der Waals surface area contributed by atoms with E-state index in [0.29, 0.717) is 19.4 Å². The van der Waals surface area contributed by atoms with Crippen LogP contribution in [0.1, 0.15) is 54.4 Å². The van der Waals surface area contributed by atoms with Crippen molar-refractivity contribution >= 4 is 41.3 Å². The SMILES string of the molecule is O=C(Cc1ccc(CCCCc2ccccc2)cc1)NOC(=O)[C@H](Cc1ccccc1)NC(=O)[C@H](CCCCNCl)NCl. The van der Waals surface area contributed by atoms with E-state index in [0.717, 1.165) is 43.2 Å². The van der Waals surface area contributed by atoms with Gasteiger partial charge in [-0.05, 0) is 84.3 Å². The van der Waals surface area contributed by atoms with Crippen LogP contribution >= 0.6 is 23.6 Å². The molecule has 0 saturated carbocycles. The van der Waals surface area contributed by atoms with Crippen LogP contribution in [0.2, 0.25) is 0 Å². The molecule has 0 bridgehead atoms. The maximum Gasteiger partial charge on any atom is 0.354 e. The molecule has 3 aromatic rings. The number of rotatable bonds is 18. The zero-order valence-corrected chi connectivity index (χ0v) is 25.7. The van der Waals surface area contributed by atoms with Gasteiger partial charge in [-0.25, -0.2) is 14.5 Å². The minimum atomic E-state index is -1.03. The van der Waals surface area contributed by atoms with E-state index in [4.69, 9.17) is 28.4 Å². The second-order valence-electron chi connectivity index (χ2n) is 10.4. The van der Waals surface area contributed by atoms with Gasteiger partial charge in [0, 0.05) is 13.0 Å². The molecule has 2 atom stereocenters. The molecule has 0 aliphatic carbocycles. The first-order valence-electron chi connectivity index (χ1n) is 14.6. The quantitative estimate of drug-likeness (QED) is 0.0886. The van der Waals surface area contributed by atoms with Gasteiger partial charge in [-0.15, -0.1) is 0 Å². The maximum atomic E-state index is 13.0. The van der Waals surface area contributed by atoms with Gasteiger partial charge in [-0.1, -0.05) is 91.3 Å². The van der Waals surface area contributed by atoms with Gasteiger partial charge in [0.1, 0.15) is 12.1 Å². The Morgan fingerprint density at radius 3 is 1.86 bits per heavy atom. The molecule has 0 aliphatic heterocycles. The summed E-state index contributed by atoms with van der Waals surface area (Å²) >= 11 is 11.3. The third-order valence-corrected chi connectivity index (χ3v) is 7.48. The van der Waals surface area contributed by atoms with E-state index in [1.807, 2.05) is 60.7 Å². The topological polar surface area (TPSA) is 109 Å². The van der Waals surface area contributed by atoms with Gasteiger partial charge in [0.25, 0.3) is 5.91 Å². The lowest BCUT2D eigenvalue weighted by molar-refractivity contribution is -0.160.